The normalized spacial score (nSPS) is 10.1. The summed E-state index contributed by atoms with van der Waals surface area (Å²) in [6.45, 7) is 3.67. The lowest BCUT2D eigenvalue weighted by Gasteiger charge is -1.95. The number of aromatic carboxylic acids is 1. The van der Waals surface area contributed by atoms with Gasteiger partial charge in [0.2, 0.25) is 0 Å². The molecule has 4 heteroatoms. The summed E-state index contributed by atoms with van der Waals surface area (Å²) in [5, 5.41) is 13.6. The van der Waals surface area contributed by atoms with Gasteiger partial charge in [-0.3, -0.25) is 0 Å². The van der Waals surface area contributed by atoms with E-state index < -0.39 is 5.97 Å². The third-order valence-electron chi connectivity index (χ3n) is 1.44. The van der Waals surface area contributed by atoms with E-state index >= 15 is 0 Å². The summed E-state index contributed by atoms with van der Waals surface area (Å²) in [7, 11) is 0. The van der Waals surface area contributed by atoms with Crippen molar-refractivity contribution < 1.29 is 9.90 Å². The molecule has 0 fully saturated rings. The van der Waals surface area contributed by atoms with Crippen LogP contribution in [-0.2, 0) is 6.54 Å². The van der Waals surface area contributed by atoms with Crippen molar-refractivity contribution in [3.05, 3.63) is 21.9 Å². The van der Waals surface area contributed by atoms with Crippen molar-refractivity contribution >= 4 is 17.3 Å². The predicted octanol–water partition coefficient (Wildman–Crippen LogP) is 1.56. The fraction of sp³-hybridized carbons (Fsp3) is 0.375. The van der Waals surface area contributed by atoms with Gasteiger partial charge < -0.3 is 10.4 Å². The van der Waals surface area contributed by atoms with E-state index in [9.17, 15) is 4.79 Å². The average molecular weight is 185 g/mol. The van der Waals surface area contributed by atoms with Crippen molar-refractivity contribution in [2.24, 2.45) is 0 Å². The standard InChI is InChI=1S/C8H11NO2S/c1-2-9-4-6-3-7(8(10)11)12-5-6/h3,5,9H,2,4H2,1H3,(H,10,11). The largest absolute Gasteiger partial charge is 0.477 e. The smallest absolute Gasteiger partial charge is 0.345 e. The first-order valence-electron chi connectivity index (χ1n) is 3.75. The number of rotatable bonds is 4. The summed E-state index contributed by atoms with van der Waals surface area (Å²) in [5.74, 6) is -0.845. The summed E-state index contributed by atoms with van der Waals surface area (Å²) in [5.41, 5.74) is 1.04. The zero-order valence-corrected chi connectivity index (χ0v) is 7.65. The number of carboxylic acids is 1. The van der Waals surface area contributed by atoms with Crippen LogP contribution in [0.5, 0.6) is 0 Å². The topological polar surface area (TPSA) is 49.3 Å². The Morgan fingerprint density at radius 3 is 3.00 bits per heavy atom. The SMILES string of the molecule is CCNCc1csc(C(=O)O)c1. The second-order valence-corrected chi connectivity index (χ2v) is 3.32. The van der Waals surface area contributed by atoms with Gasteiger partial charge in [-0.05, 0) is 23.6 Å². The molecule has 1 rings (SSSR count). The van der Waals surface area contributed by atoms with Crippen LogP contribution in [0.3, 0.4) is 0 Å². The van der Waals surface area contributed by atoms with E-state index in [1.54, 1.807) is 6.07 Å². The molecule has 3 nitrogen and oxygen atoms in total. The zero-order chi connectivity index (χ0) is 8.97. The molecular weight excluding hydrogens is 174 g/mol. The summed E-state index contributed by atoms with van der Waals surface area (Å²) >= 11 is 1.27. The second kappa shape index (κ2) is 4.23. The van der Waals surface area contributed by atoms with Crippen LogP contribution in [0.25, 0.3) is 0 Å². The third kappa shape index (κ3) is 2.32. The Kier molecular flexibility index (Phi) is 3.25. The lowest BCUT2D eigenvalue weighted by atomic mass is 10.3. The van der Waals surface area contributed by atoms with Crippen LogP contribution in [0, 0.1) is 0 Å². The summed E-state index contributed by atoms with van der Waals surface area (Å²) in [4.78, 5) is 10.9. The van der Waals surface area contributed by atoms with Crippen LogP contribution < -0.4 is 5.32 Å². The Morgan fingerprint density at radius 1 is 1.75 bits per heavy atom. The number of hydrogen-bond donors (Lipinski definition) is 2. The van der Waals surface area contributed by atoms with E-state index in [1.807, 2.05) is 12.3 Å². The maximum absolute atomic E-state index is 10.5. The van der Waals surface area contributed by atoms with Crippen LogP contribution >= 0.6 is 11.3 Å². The highest BCUT2D eigenvalue weighted by atomic mass is 32.1. The van der Waals surface area contributed by atoms with Gasteiger partial charge >= 0.3 is 5.97 Å². The molecule has 0 amide bonds. The second-order valence-electron chi connectivity index (χ2n) is 2.40. The van der Waals surface area contributed by atoms with Crippen LogP contribution in [0.4, 0.5) is 0 Å². The Morgan fingerprint density at radius 2 is 2.50 bits per heavy atom. The van der Waals surface area contributed by atoms with Gasteiger partial charge in [0.25, 0.3) is 0 Å². The van der Waals surface area contributed by atoms with Crippen molar-refractivity contribution in [2.45, 2.75) is 13.5 Å². The Hall–Kier alpha value is -0.870. The molecule has 0 spiro atoms. The van der Waals surface area contributed by atoms with E-state index in [0.717, 1.165) is 18.7 Å². The molecule has 12 heavy (non-hydrogen) atoms. The quantitative estimate of drug-likeness (QED) is 0.748. The zero-order valence-electron chi connectivity index (χ0n) is 6.83. The molecule has 0 aliphatic rings. The minimum atomic E-state index is -0.845. The lowest BCUT2D eigenvalue weighted by Crippen LogP contribution is -2.10. The van der Waals surface area contributed by atoms with Crippen LogP contribution in [-0.4, -0.2) is 17.6 Å². The van der Waals surface area contributed by atoms with Gasteiger partial charge in [-0.2, -0.15) is 0 Å². The maximum atomic E-state index is 10.5. The first-order valence-corrected chi connectivity index (χ1v) is 4.63. The number of carboxylic acid groups (broad SMARTS) is 1. The fourth-order valence-corrected chi connectivity index (χ4v) is 1.60. The summed E-state index contributed by atoms with van der Waals surface area (Å²) < 4.78 is 0. The van der Waals surface area contributed by atoms with Gasteiger partial charge in [-0.15, -0.1) is 11.3 Å². The molecule has 0 radical (unpaired) electrons. The molecule has 1 aromatic heterocycles. The number of hydrogen-bond acceptors (Lipinski definition) is 3. The first kappa shape index (κ1) is 9.22. The molecule has 0 bridgehead atoms. The minimum absolute atomic E-state index is 0.405. The van der Waals surface area contributed by atoms with Gasteiger partial charge in [-0.1, -0.05) is 6.92 Å². The van der Waals surface area contributed by atoms with Crippen molar-refractivity contribution in [3.8, 4) is 0 Å². The van der Waals surface area contributed by atoms with Gasteiger partial charge in [0, 0.05) is 6.54 Å². The molecule has 0 saturated heterocycles. The minimum Gasteiger partial charge on any atom is -0.477 e. The van der Waals surface area contributed by atoms with Crippen LogP contribution in [0.2, 0.25) is 0 Å². The molecule has 0 aromatic carbocycles. The van der Waals surface area contributed by atoms with E-state index in [-0.39, 0.29) is 0 Å². The van der Waals surface area contributed by atoms with Gasteiger partial charge in [-0.25, -0.2) is 4.79 Å². The Bertz CT molecular complexity index is 270. The maximum Gasteiger partial charge on any atom is 0.345 e. The van der Waals surface area contributed by atoms with E-state index in [2.05, 4.69) is 5.32 Å². The molecular formula is C8H11NO2S. The molecule has 0 atom stereocenters. The molecule has 2 N–H and O–H groups in total. The molecule has 66 valence electrons. The van der Waals surface area contributed by atoms with E-state index in [0.29, 0.717) is 4.88 Å². The molecule has 0 aliphatic carbocycles. The van der Waals surface area contributed by atoms with E-state index in [4.69, 9.17) is 5.11 Å². The van der Waals surface area contributed by atoms with Gasteiger partial charge in [0.1, 0.15) is 4.88 Å². The summed E-state index contributed by atoms with van der Waals surface area (Å²) in [6, 6.07) is 1.70. The van der Waals surface area contributed by atoms with Crippen molar-refractivity contribution in [1.29, 1.82) is 0 Å². The number of thiophene rings is 1. The highest BCUT2D eigenvalue weighted by Gasteiger charge is 2.05. The molecule has 1 aromatic rings. The van der Waals surface area contributed by atoms with Crippen molar-refractivity contribution in [2.75, 3.05) is 6.54 Å². The monoisotopic (exact) mass is 185 g/mol. The molecule has 0 aliphatic heterocycles. The highest BCUT2D eigenvalue weighted by Crippen LogP contribution is 2.13. The first-order chi connectivity index (χ1) is 5.74. The van der Waals surface area contributed by atoms with Crippen molar-refractivity contribution in [1.82, 2.24) is 5.32 Å². The Labute approximate surface area is 75.0 Å². The highest BCUT2D eigenvalue weighted by molar-refractivity contribution is 7.12. The number of carbonyl (C=O) groups is 1. The summed E-state index contributed by atoms with van der Waals surface area (Å²) in [6.07, 6.45) is 0. The average Bonchev–Trinajstić information content (AvgIpc) is 2.48. The van der Waals surface area contributed by atoms with Crippen LogP contribution in [0.1, 0.15) is 22.2 Å². The molecule has 0 unspecified atom stereocenters. The van der Waals surface area contributed by atoms with E-state index in [1.165, 1.54) is 11.3 Å². The fourth-order valence-electron chi connectivity index (χ4n) is 0.850. The third-order valence-corrected chi connectivity index (χ3v) is 2.41. The number of nitrogens with one attached hydrogen (secondary N) is 1. The molecule has 0 saturated carbocycles. The predicted molar refractivity (Wildman–Crippen MR) is 48.7 cm³/mol. The van der Waals surface area contributed by atoms with Gasteiger partial charge in [0.15, 0.2) is 0 Å². The van der Waals surface area contributed by atoms with Crippen LogP contribution in [0.15, 0.2) is 11.4 Å². The Balaban J connectivity index is 2.58. The van der Waals surface area contributed by atoms with Crippen molar-refractivity contribution in [3.63, 3.8) is 0 Å². The molecule has 1 heterocycles. The lowest BCUT2D eigenvalue weighted by molar-refractivity contribution is 0.0702. The van der Waals surface area contributed by atoms with Gasteiger partial charge in [0.05, 0.1) is 0 Å².